The van der Waals surface area contributed by atoms with Crippen LogP contribution in [0.2, 0.25) is 0 Å². The van der Waals surface area contributed by atoms with Crippen LogP contribution in [0.5, 0.6) is 0 Å². The average Bonchev–Trinajstić information content (AvgIpc) is 2.89. The number of hydrogen-bond acceptors (Lipinski definition) is 3. The summed E-state index contributed by atoms with van der Waals surface area (Å²) < 4.78 is 38.7. The second-order valence-electron chi connectivity index (χ2n) is 5.38. The van der Waals surface area contributed by atoms with Crippen LogP contribution >= 0.6 is 0 Å². The van der Waals surface area contributed by atoms with Crippen LogP contribution in [0.25, 0.3) is 0 Å². The van der Waals surface area contributed by atoms with Gasteiger partial charge in [-0.15, -0.1) is 0 Å². The summed E-state index contributed by atoms with van der Waals surface area (Å²) in [5, 5.41) is 0. The molecule has 1 amide bonds. The number of carbonyl (C=O) groups excluding carboxylic acids is 1. The standard InChI is InChI=1S/C16H14F3N3O/c17-16(18,19)11-3-1-2-10(8-11)13-14(21-22-15(13)23)9-4-6-12(20)7-5-9/h1-8,13-14,21H,20H2,(H,22,23)/t13-,14-/m0/s1. The summed E-state index contributed by atoms with van der Waals surface area (Å²) in [6.45, 7) is 0. The number of nitrogen functional groups attached to an aromatic ring is 1. The predicted octanol–water partition coefficient (Wildman–Crippen LogP) is 2.75. The van der Waals surface area contributed by atoms with Crippen LogP contribution < -0.4 is 16.6 Å². The Kier molecular flexibility index (Phi) is 3.73. The second kappa shape index (κ2) is 5.58. The SMILES string of the molecule is Nc1ccc([C@@H]2NNC(=O)[C@H]2c2cccc(C(F)(F)F)c2)cc1. The molecule has 0 spiro atoms. The molecule has 0 bridgehead atoms. The zero-order chi connectivity index (χ0) is 16.6. The third kappa shape index (κ3) is 3.00. The molecule has 1 fully saturated rings. The van der Waals surface area contributed by atoms with E-state index in [4.69, 9.17) is 5.73 Å². The van der Waals surface area contributed by atoms with E-state index in [0.717, 1.165) is 17.7 Å². The van der Waals surface area contributed by atoms with E-state index in [1.54, 1.807) is 24.3 Å². The third-order valence-electron chi connectivity index (χ3n) is 3.84. The van der Waals surface area contributed by atoms with Crippen molar-refractivity contribution in [3.63, 3.8) is 0 Å². The summed E-state index contributed by atoms with van der Waals surface area (Å²) in [6, 6.07) is 11.2. The van der Waals surface area contributed by atoms with Crippen LogP contribution in [0, 0.1) is 0 Å². The van der Waals surface area contributed by atoms with Gasteiger partial charge in [0.1, 0.15) is 0 Å². The molecule has 0 aliphatic carbocycles. The van der Waals surface area contributed by atoms with E-state index < -0.39 is 23.7 Å². The highest BCUT2D eigenvalue weighted by Gasteiger charge is 2.38. The Balaban J connectivity index is 1.99. The number of nitrogens with two attached hydrogens (primary N) is 1. The maximum Gasteiger partial charge on any atom is 0.416 e. The number of hydrazine groups is 1. The van der Waals surface area contributed by atoms with E-state index in [2.05, 4.69) is 10.9 Å². The largest absolute Gasteiger partial charge is 0.416 e. The molecule has 4 nitrogen and oxygen atoms in total. The monoisotopic (exact) mass is 321 g/mol. The Morgan fingerprint density at radius 2 is 1.70 bits per heavy atom. The fourth-order valence-corrected chi connectivity index (χ4v) is 2.69. The Bertz CT molecular complexity index is 728. The lowest BCUT2D eigenvalue weighted by Crippen LogP contribution is -2.27. The minimum Gasteiger partial charge on any atom is -0.399 e. The second-order valence-corrected chi connectivity index (χ2v) is 5.38. The van der Waals surface area contributed by atoms with Gasteiger partial charge in [0.25, 0.3) is 0 Å². The zero-order valence-electron chi connectivity index (χ0n) is 11.9. The van der Waals surface area contributed by atoms with Gasteiger partial charge < -0.3 is 5.73 Å². The number of alkyl halides is 3. The highest BCUT2D eigenvalue weighted by Crippen LogP contribution is 2.37. The van der Waals surface area contributed by atoms with Gasteiger partial charge in [-0.1, -0.05) is 30.3 Å². The van der Waals surface area contributed by atoms with Crippen molar-refractivity contribution in [1.82, 2.24) is 10.9 Å². The fourth-order valence-electron chi connectivity index (χ4n) is 2.69. The van der Waals surface area contributed by atoms with Gasteiger partial charge in [0, 0.05) is 5.69 Å². The highest BCUT2D eigenvalue weighted by atomic mass is 19.4. The Morgan fingerprint density at radius 3 is 2.35 bits per heavy atom. The first-order chi connectivity index (χ1) is 10.9. The maximum atomic E-state index is 12.9. The topological polar surface area (TPSA) is 67.2 Å². The molecule has 2 atom stereocenters. The van der Waals surface area contributed by atoms with Crippen molar-refractivity contribution in [3.8, 4) is 0 Å². The third-order valence-corrected chi connectivity index (χ3v) is 3.84. The van der Waals surface area contributed by atoms with Crippen molar-refractivity contribution in [2.24, 2.45) is 0 Å². The summed E-state index contributed by atoms with van der Waals surface area (Å²) >= 11 is 0. The van der Waals surface area contributed by atoms with Crippen molar-refractivity contribution < 1.29 is 18.0 Å². The van der Waals surface area contributed by atoms with Gasteiger partial charge in [-0.3, -0.25) is 10.2 Å². The van der Waals surface area contributed by atoms with E-state index in [1.807, 2.05) is 0 Å². The van der Waals surface area contributed by atoms with E-state index in [-0.39, 0.29) is 5.91 Å². The lowest BCUT2D eigenvalue weighted by Gasteiger charge is -2.18. The number of rotatable bonds is 2. The van der Waals surface area contributed by atoms with Crippen molar-refractivity contribution in [1.29, 1.82) is 0 Å². The van der Waals surface area contributed by atoms with Crippen LogP contribution in [0.3, 0.4) is 0 Å². The molecule has 1 heterocycles. The Labute approximate surface area is 130 Å². The molecule has 2 aromatic carbocycles. The molecule has 120 valence electrons. The number of amides is 1. The van der Waals surface area contributed by atoms with Crippen LogP contribution in [0.15, 0.2) is 48.5 Å². The number of anilines is 1. The predicted molar refractivity (Wildman–Crippen MR) is 79.1 cm³/mol. The number of benzene rings is 2. The van der Waals surface area contributed by atoms with Crippen molar-refractivity contribution >= 4 is 11.6 Å². The van der Waals surface area contributed by atoms with Crippen molar-refractivity contribution in [2.75, 3.05) is 5.73 Å². The molecule has 0 aromatic heterocycles. The molecule has 0 unspecified atom stereocenters. The van der Waals surface area contributed by atoms with E-state index in [0.29, 0.717) is 11.3 Å². The first kappa shape index (κ1) is 15.4. The lowest BCUT2D eigenvalue weighted by atomic mass is 9.87. The number of nitrogens with one attached hydrogen (secondary N) is 2. The summed E-state index contributed by atoms with van der Waals surface area (Å²) in [6.07, 6.45) is -4.45. The van der Waals surface area contributed by atoms with Crippen LogP contribution in [-0.2, 0) is 11.0 Å². The molecule has 0 saturated carbocycles. The van der Waals surface area contributed by atoms with E-state index in [9.17, 15) is 18.0 Å². The molecular formula is C16H14F3N3O. The molecule has 3 rings (SSSR count). The minimum atomic E-state index is -4.45. The number of hydrogen-bond donors (Lipinski definition) is 3. The Morgan fingerprint density at radius 1 is 1.00 bits per heavy atom. The first-order valence-corrected chi connectivity index (χ1v) is 6.94. The quantitative estimate of drug-likeness (QED) is 0.745. The summed E-state index contributed by atoms with van der Waals surface area (Å²) in [4.78, 5) is 12.1. The zero-order valence-corrected chi connectivity index (χ0v) is 11.9. The summed E-state index contributed by atoms with van der Waals surface area (Å²) in [7, 11) is 0. The smallest absolute Gasteiger partial charge is 0.399 e. The minimum absolute atomic E-state index is 0.309. The van der Waals surface area contributed by atoms with Crippen LogP contribution in [-0.4, -0.2) is 5.91 Å². The number of halogens is 3. The molecule has 1 aliphatic rings. The summed E-state index contributed by atoms with van der Waals surface area (Å²) in [5.41, 5.74) is 11.8. The average molecular weight is 321 g/mol. The van der Waals surface area contributed by atoms with Crippen LogP contribution in [0.4, 0.5) is 18.9 Å². The fraction of sp³-hybridized carbons (Fsp3) is 0.188. The summed E-state index contributed by atoms with van der Waals surface area (Å²) in [5.74, 6) is -1.12. The van der Waals surface area contributed by atoms with Gasteiger partial charge in [0.2, 0.25) is 5.91 Å². The van der Waals surface area contributed by atoms with Gasteiger partial charge >= 0.3 is 6.18 Å². The van der Waals surface area contributed by atoms with E-state index >= 15 is 0 Å². The van der Waals surface area contributed by atoms with Gasteiger partial charge in [-0.25, -0.2) is 5.43 Å². The molecule has 23 heavy (non-hydrogen) atoms. The van der Waals surface area contributed by atoms with Crippen molar-refractivity contribution in [2.45, 2.75) is 18.1 Å². The first-order valence-electron chi connectivity index (χ1n) is 6.94. The van der Waals surface area contributed by atoms with Gasteiger partial charge in [-0.05, 0) is 29.3 Å². The lowest BCUT2D eigenvalue weighted by molar-refractivity contribution is -0.137. The number of carbonyl (C=O) groups is 1. The van der Waals surface area contributed by atoms with Gasteiger partial charge in [0.15, 0.2) is 0 Å². The molecule has 1 saturated heterocycles. The van der Waals surface area contributed by atoms with E-state index in [1.165, 1.54) is 12.1 Å². The molecule has 1 aliphatic heterocycles. The molecule has 2 aromatic rings. The highest BCUT2D eigenvalue weighted by molar-refractivity contribution is 5.86. The Hall–Kier alpha value is -2.54. The molecule has 4 N–H and O–H groups in total. The molecule has 0 radical (unpaired) electrons. The van der Waals surface area contributed by atoms with Crippen molar-refractivity contribution in [3.05, 3.63) is 65.2 Å². The van der Waals surface area contributed by atoms with Gasteiger partial charge in [-0.2, -0.15) is 13.2 Å². The normalized spacial score (nSPS) is 21.3. The molecular weight excluding hydrogens is 307 g/mol. The molecule has 7 heteroatoms. The van der Waals surface area contributed by atoms with Gasteiger partial charge in [0.05, 0.1) is 17.5 Å². The van der Waals surface area contributed by atoms with Crippen LogP contribution in [0.1, 0.15) is 28.7 Å². The maximum absolute atomic E-state index is 12.9.